The van der Waals surface area contributed by atoms with E-state index in [-0.39, 0.29) is 6.79 Å². The minimum Gasteiger partial charge on any atom is -0.454 e. The van der Waals surface area contributed by atoms with E-state index in [2.05, 4.69) is 16.6 Å². The number of hydrogen-bond donors (Lipinski definition) is 2. The molecule has 0 saturated carbocycles. The van der Waals surface area contributed by atoms with Gasteiger partial charge in [-0.2, -0.15) is 0 Å². The fraction of sp³-hybridized carbons (Fsp3) is 0.400. The van der Waals surface area contributed by atoms with Crippen molar-refractivity contribution in [1.29, 1.82) is 0 Å². The number of thiocarbonyl (C=S) groups is 1. The molecule has 1 aromatic carbocycles. The summed E-state index contributed by atoms with van der Waals surface area (Å²) in [5, 5.41) is 6.83. The predicted octanol–water partition coefficient (Wildman–Crippen LogP) is 2.89. The highest BCUT2D eigenvalue weighted by Gasteiger charge is 2.24. The quantitative estimate of drug-likeness (QED) is 0.659. The van der Waals surface area contributed by atoms with E-state index < -0.39 is 5.54 Å². The molecule has 2 N–H and O–H groups in total. The van der Waals surface area contributed by atoms with E-state index in [0.717, 1.165) is 24.3 Å². The Morgan fingerprint density at radius 2 is 2.05 bits per heavy atom. The Balaban J connectivity index is 2.03. The molecule has 0 aromatic heterocycles. The lowest BCUT2D eigenvalue weighted by Crippen LogP contribution is -2.48. The van der Waals surface area contributed by atoms with Crippen molar-refractivity contribution in [3.05, 3.63) is 18.2 Å². The number of hydrogen-bond acceptors (Lipinski definition) is 3. The predicted molar refractivity (Wildman–Crippen MR) is 84.1 cm³/mol. The minimum atomic E-state index is -0.402. The monoisotopic (exact) mass is 290 g/mol. The fourth-order valence-corrected chi connectivity index (χ4v) is 2.33. The second kappa shape index (κ2) is 6.02. The van der Waals surface area contributed by atoms with Crippen molar-refractivity contribution in [2.45, 2.75) is 32.2 Å². The maximum absolute atomic E-state index is 5.61. The van der Waals surface area contributed by atoms with Crippen molar-refractivity contribution in [3.63, 3.8) is 0 Å². The first-order valence-corrected chi connectivity index (χ1v) is 7.00. The fourth-order valence-electron chi connectivity index (χ4n) is 2.02. The van der Waals surface area contributed by atoms with Gasteiger partial charge in [0.2, 0.25) is 6.79 Å². The molecule has 0 aliphatic carbocycles. The Hall–Kier alpha value is -1.93. The van der Waals surface area contributed by atoms with Gasteiger partial charge in [-0.1, -0.05) is 19.8 Å². The van der Waals surface area contributed by atoms with Crippen molar-refractivity contribution in [2.75, 3.05) is 12.1 Å². The molecular formula is C15H18N2O2S. The topological polar surface area (TPSA) is 42.5 Å². The maximum atomic E-state index is 5.61. The Labute approximate surface area is 124 Å². The standard InChI is InChI=1S/C15H18N2O2S/c1-4-15(5-2,6-3)17-14(20)16-11-7-8-12-13(9-11)19-10-18-12/h1,7-9H,5-6,10H2,2-3H3,(H2,16,17,20). The van der Waals surface area contributed by atoms with Crippen LogP contribution in [0.25, 0.3) is 0 Å². The summed E-state index contributed by atoms with van der Waals surface area (Å²) < 4.78 is 10.6. The lowest BCUT2D eigenvalue weighted by molar-refractivity contribution is 0.174. The van der Waals surface area contributed by atoms with Gasteiger partial charge < -0.3 is 20.1 Å². The molecule has 0 radical (unpaired) electrons. The lowest BCUT2D eigenvalue weighted by atomic mass is 9.94. The van der Waals surface area contributed by atoms with Gasteiger partial charge in [-0.25, -0.2) is 0 Å². The van der Waals surface area contributed by atoms with Gasteiger partial charge >= 0.3 is 0 Å². The summed E-state index contributed by atoms with van der Waals surface area (Å²) in [6, 6.07) is 5.59. The smallest absolute Gasteiger partial charge is 0.231 e. The highest BCUT2D eigenvalue weighted by atomic mass is 32.1. The average Bonchev–Trinajstić information content (AvgIpc) is 2.92. The average molecular weight is 290 g/mol. The third kappa shape index (κ3) is 2.97. The summed E-state index contributed by atoms with van der Waals surface area (Å²) in [6.45, 7) is 4.34. The molecule has 0 atom stereocenters. The van der Waals surface area contributed by atoms with Crippen molar-refractivity contribution >= 4 is 23.0 Å². The zero-order valence-electron chi connectivity index (χ0n) is 11.7. The number of ether oxygens (including phenoxy) is 2. The molecule has 0 unspecified atom stereocenters. The van der Waals surface area contributed by atoms with Crippen molar-refractivity contribution in [1.82, 2.24) is 5.32 Å². The van der Waals surface area contributed by atoms with Crippen LogP contribution < -0.4 is 20.1 Å². The van der Waals surface area contributed by atoms with Crippen LogP contribution in [0.3, 0.4) is 0 Å². The van der Waals surface area contributed by atoms with Crippen LogP contribution in [-0.2, 0) is 0 Å². The molecule has 1 aliphatic rings. The maximum Gasteiger partial charge on any atom is 0.231 e. The number of benzene rings is 1. The van der Waals surface area contributed by atoms with E-state index in [1.807, 2.05) is 32.0 Å². The van der Waals surface area contributed by atoms with Crippen LogP contribution in [0.5, 0.6) is 11.5 Å². The van der Waals surface area contributed by atoms with Gasteiger partial charge in [-0.3, -0.25) is 0 Å². The summed E-state index contributed by atoms with van der Waals surface area (Å²) >= 11 is 5.32. The highest BCUT2D eigenvalue weighted by molar-refractivity contribution is 7.80. The van der Waals surface area contributed by atoms with E-state index in [1.165, 1.54) is 0 Å². The normalized spacial score (nSPS) is 12.7. The number of anilines is 1. The van der Waals surface area contributed by atoms with Crippen LogP contribution in [0.2, 0.25) is 0 Å². The number of terminal acetylenes is 1. The van der Waals surface area contributed by atoms with Gasteiger partial charge in [0.05, 0.1) is 5.54 Å². The molecule has 1 aromatic rings. The summed E-state index contributed by atoms with van der Waals surface area (Å²) in [5.74, 6) is 4.25. The molecule has 1 aliphatic heterocycles. The minimum absolute atomic E-state index is 0.257. The van der Waals surface area contributed by atoms with Gasteiger partial charge in [0, 0.05) is 11.8 Å². The van der Waals surface area contributed by atoms with Crippen LogP contribution in [-0.4, -0.2) is 17.4 Å². The van der Waals surface area contributed by atoms with E-state index in [4.69, 9.17) is 28.1 Å². The van der Waals surface area contributed by atoms with Crippen LogP contribution in [0.4, 0.5) is 5.69 Å². The molecule has 0 spiro atoms. The SMILES string of the molecule is C#CC(CC)(CC)NC(=S)Nc1ccc2c(c1)OCO2. The van der Waals surface area contributed by atoms with Gasteiger partial charge in [-0.15, -0.1) is 6.42 Å². The lowest BCUT2D eigenvalue weighted by Gasteiger charge is -2.28. The molecule has 106 valence electrons. The van der Waals surface area contributed by atoms with Gasteiger partial charge in [-0.05, 0) is 37.2 Å². The Bertz CT molecular complexity index is 547. The zero-order valence-corrected chi connectivity index (χ0v) is 12.5. The molecule has 0 fully saturated rings. The van der Waals surface area contributed by atoms with Crippen molar-refractivity contribution in [3.8, 4) is 23.8 Å². The molecule has 20 heavy (non-hydrogen) atoms. The summed E-state index contributed by atoms with van der Waals surface area (Å²) in [4.78, 5) is 0. The van der Waals surface area contributed by atoms with Crippen LogP contribution in [0, 0.1) is 12.3 Å². The molecular weight excluding hydrogens is 272 g/mol. The molecule has 0 saturated heterocycles. The Kier molecular flexibility index (Phi) is 4.35. The Morgan fingerprint density at radius 1 is 1.35 bits per heavy atom. The molecule has 2 rings (SSSR count). The van der Waals surface area contributed by atoms with Gasteiger partial charge in [0.1, 0.15) is 0 Å². The third-order valence-electron chi connectivity index (χ3n) is 3.47. The van der Waals surface area contributed by atoms with Crippen LogP contribution in [0.15, 0.2) is 18.2 Å². The van der Waals surface area contributed by atoms with E-state index in [0.29, 0.717) is 10.9 Å². The Morgan fingerprint density at radius 3 is 2.70 bits per heavy atom. The molecule has 4 nitrogen and oxygen atoms in total. The molecule has 0 amide bonds. The van der Waals surface area contributed by atoms with Gasteiger partial charge in [0.25, 0.3) is 0 Å². The number of fused-ring (bicyclic) bond motifs is 1. The second-order valence-corrected chi connectivity index (χ2v) is 4.99. The summed E-state index contributed by atoms with van der Waals surface area (Å²) in [6.07, 6.45) is 7.22. The molecule has 1 heterocycles. The van der Waals surface area contributed by atoms with E-state index in [1.54, 1.807) is 0 Å². The highest BCUT2D eigenvalue weighted by Crippen LogP contribution is 2.34. The summed E-state index contributed by atoms with van der Waals surface area (Å²) in [5.41, 5.74) is 0.435. The van der Waals surface area contributed by atoms with E-state index in [9.17, 15) is 0 Å². The molecule has 0 bridgehead atoms. The number of nitrogens with one attached hydrogen (secondary N) is 2. The first-order valence-electron chi connectivity index (χ1n) is 6.59. The van der Waals surface area contributed by atoms with Gasteiger partial charge in [0.15, 0.2) is 16.6 Å². The molecule has 5 heteroatoms. The first-order chi connectivity index (χ1) is 9.62. The van der Waals surface area contributed by atoms with E-state index >= 15 is 0 Å². The summed E-state index contributed by atoms with van der Waals surface area (Å²) in [7, 11) is 0. The van der Waals surface area contributed by atoms with Crippen molar-refractivity contribution < 1.29 is 9.47 Å². The third-order valence-corrected chi connectivity index (χ3v) is 3.67. The first kappa shape index (κ1) is 14.5. The second-order valence-electron chi connectivity index (χ2n) is 4.58. The van der Waals surface area contributed by atoms with Crippen LogP contribution >= 0.6 is 12.2 Å². The largest absolute Gasteiger partial charge is 0.454 e. The number of rotatable bonds is 4. The van der Waals surface area contributed by atoms with Crippen LogP contribution in [0.1, 0.15) is 26.7 Å². The van der Waals surface area contributed by atoms with Crippen molar-refractivity contribution in [2.24, 2.45) is 0 Å². The zero-order chi connectivity index (χ0) is 14.6.